The molecule has 0 saturated heterocycles. The molecule has 0 radical (unpaired) electrons. The van der Waals surface area contributed by atoms with Gasteiger partial charge >= 0.3 is 0 Å². The van der Waals surface area contributed by atoms with Crippen LogP contribution in [0.1, 0.15) is 69.9 Å². The first-order chi connectivity index (χ1) is 16.7. The largest absolute Gasteiger partial charge is 0.483 e. The van der Waals surface area contributed by atoms with E-state index in [0.717, 1.165) is 35.7 Å². The van der Waals surface area contributed by atoms with Gasteiger partial charge in [0, 0.05) is 12.6 Å². The van der Waals surface area contributed by atoms with Crippen LogP contribution >= 0.6 is 39.1 Å². The number of carbonyl (C=O) groups is 2. The van der Waals surface area contributed by atoms with Crippen LogP contribution in [0.2, 0.25) is 10.0 Å². The molecule has 190 valence electrons. The Bertz CT molecular complexity index is 1040. The third-order valence-corrected chi connectivity index (χ3v) is 7.79. The predicted molar refractivity (Wildman–Crippen MR) is 145 cm³/mol. The fraction of sp³-hybridized carbons (Fsp3) is 0.481. The second kappa shape index (κ2) is 13.0. The summed E-state index contributed by atoms with van der Waals surface area (Å²) in [5.41, 5.74) is 1.96. The van der Waals surface area contributed by atoms with Gasteiger partial charge in [-0.3, -0.25) is 9.59 Å². The number of nitrogens with zero attached hydrogens (tertiary/aromatic N) is 1. The molecular weight excluding hydrogens is 551 g/mol. The average molecular weight is 584 g/mol. The van der Waals surface area contributed by atoms with Crippen LogP contribution in [0.5, 0.6) is 5.75 Å². The zero-order chi connectivity index (χ0) is 25.5. The van der Waals surface area contributed by atoms with Crippen molar-refractivity contribution in [3.05, 3.63) is 62.0 Å². The number of carbonyl (C=O) groups excluding carboxylic acids is 2. The van der Waals surface area contributed by atoms with E-state index in [1.807, 2.05) is 24.3 Å². The van der Waals surface area contributed by atoms with E-state index in [-0.39, 0.29) is 31.0 Å². The molecule has 8 heteroatoms. The van der Waals surface area contributed by atoms with E-state index < -0.39 is 6.04 Å². The number of ether oxygens (including phenoxy) is 1. The number of benzene rings is 2. The second-order valence-electron chi connectivity index (χ2n) is 9.42. The van der Waals surface area contributed by atoms with E-state index in [4.69, 9.17) is 27.9 Å². The molecule has 0 aliphatic heterocycles. The zero-order valence-corrected chi connectivity index (χ0v) is 23.5. The van der Waals surface area contributed by atoms with Crippen molar-refractivity contribution >= 4 is 50.9 Å². The highest BCUT2D eigenvalue weighted by Crippen LogP contribution is 2.29. The molecule has 3 rings (SSSR count). The lowest BCUT2D eigenvalue weighted by Crippen LogP contribution is -2.51. The molecule has 1 N–H and O–H groups in total. The van der Waals surface area contributed by atoms with Gasteiger partial charge in [-0.15, -0.1) is 0 Å². The molecule has 1 aliphatic carbocycles. The first kappa shape index (κ1) is 27.8. The normalized spacial score (nSPS) is 15.1. The maximum atomic E-state index is 13.3. The number of hydrogen-bond donors (Lipinski definition) is 1. The molecule has 5 nitrogen and oxygen atoms in total. The van der Waals surface area contributed by atoms with Crippen molar-refractivity contribution < 1.29 is 14.3 Å². The maximum absolute atomic E-state index is 13.3. The van der Waals surface area contributed by atoms with Crippen molar-refractivity contribution in [2.75, 3.05) is 6.61 Å². The highest BCUT2D eigenvalue weighted by molar-refractivity contribution is 9.10. The van der Waals surface area contributed by atoms with Crippen LogP contribution in [0.15, 0.2) is 40.9 Å². The molecule has 2 aromatic carbocycles. The summed E-state index contributed by atoms with van der Waals surface area (Å²) in [4.78, 5) is 28.0. The molecule has 1 aliphatic rings. The monoisotopic (exact) mass is 582 g/mol. The molecule has 1 atom stereocenters. The fourth-order valence-electron chi connectivity index (χ4n) is 4.20. The lowest BCUT2D eigenvalue weighted by atomic mass is 9.95. The van der Waals surface area contributed by atoms with Crippen LogP contribution in [0.3, 0.4) is 0 Å². The molecule has 1 saturated carbocycles. The summed E-state index contributed by atoms with van der Waals surface area (Å²) in [5.74, 6) is 0.513. The first-order valence-corrected chi connectivity index (χ1v) is 13.7. The minimum Gasteiger partial charge on any atom is -0.483 e. The van der Waals surface area contributed by atoms with Crippen molar-refractivity contribution in [3.8, 4) is 5.75 Å². The number of hydrogen-bond acceptors (Lipinski definition) is 3. The van der Waals surface area contributed by atoms with Gasteiger partial charge in [-0.2, -0.15) is 0 Å². The average Bonchev–Trinajstić information content (AvgIpc) is 2.83. The van der Waals surface area contributed by atoms with E-state index in [9.17, 15) is 9.59 Å². The summed E-state index contributed by atoms with van der Waals surface area (Å²) in [6.45, 7) is 6.01. The van der Waals surface area contributed by atoms with Crippen LogP contribution < -0.4 is 10.1 Å². The van der Waals surface area contributed by atoms with Crippen LogP contribution in [0.4, 0.5) is 0 Å². The number of amides is 2. The molecule has 0 unspecified atom stereocenters. The number of nitrogens with one attached hydrogen (secondary N) is 1. The minimum atomic E-state index is -0.672. The smallest absolute Gasteiger partial charge is 0.261 e. The topological polar surface area (TPSA) is 58.6 Å². The Balaban J connectivity index is 1.74. The Labute approximate surface area is 226 Å². The van der Waals surface area contributed by atoms with E-state index in [2.05, 4.69) is 35.1 Å². The summed E-state index contributed by atoms with van der Waals surface area (Å²) in [7, 11) is 0. The van der Waals surface area contributed by atoms with Gasteiger partial charge < -0.3 is 15.0 Å². The van der Waals surface area contributed by atoms with E-state index in [1.54, 1.807) is 19.1 Å². The number of rotatable bonds is 9. The van der Waals surface area contributed by atoms with Gasteiger partial charge in [-0.1, -0.05) is 68.4 Å². The minimum absolute atomic E-state index is 0.159. The van der Waals surface area contributed by atoms with Gasteiger partial charge in [-0.05, 0) is 77.0 Å². The second-order valence-corrected chi connectivity index (χ2v) is 11.1. The van der Waals surface area contributed by atoms with Gasteiger partial charge in [0.05, 0.1) is 14.5 Å². The Morgan fingerprint density at radius 1 is 1.06 bits per heavy atom. The van der Waals surface area contributed by atoms with Crippen molar-refractivity contribution in [1.29, 1.82) is 0 Å². The molecule has 2 amide bonds. The number of halogens is 3. The van der Waals surface area contributed by atoms with Crippen molar-refractivity contribution in [2.45, 2.75) is 77.4 Å². The highest BCUT2D eigenvalue weighted by Gasteiger charge is 2.28. The first-order valence-electron chi connectivity index (χ1n) is 12.1. The van der Waals surface area contributed by atoms with Crippen LogP contribution in [-0.2, 0) is 16.1 Å². The molecule has 0 aromatic heterocycles. The van der Waals surface area contributed by atoms with Crippen LogP contribution in [0, 0.1) is 0 Å². The SMILES string of the molecule is CC(C)c1ccc(OCC(=O)N(Cc2ccc(Cl)c(Cl)c2)[C@H](C)C(=O)NC2CCCCC2)c(Br)c1. The molecule has 2 aromatic rings. The Morgan fingerprint density at radius 3 is 2.40 bits per heavy atom. The van der Waals surface area contributed by atoms with Gasteiger partial charge in [0.2, 0.25) is 5.91 Å². The third kappa shape index (κ3) is 7.86. The summed E-state index contributed by atoms with van der Waals surface area (Å²) < 4.78 is 6.65. The van der Waals surface area contributed by atoms with Gasteiger partial charge in [0.25, 0.3) is 5.91 Å². The van der Waals surface area contributed by atoms with Crippen molar-refractivity contribution in [3.63, 3.8) is 0 Å². The highest BCUT2D eigenvalue weighted by atomic mass is 79.9. The fourth-order valence-corrected chi connectivity index (χ4v) is 5.03. The molecule has 35 heavy (non-hydrogen) atoms. The molecule has 0 bridgehead atoms. The Hall–Kier alpha value is -1.76. The van der Waals surface area contributed by atoms with E-state index >= 15 is 0 Å². The maximum Gasteiger partial charge on any atom is 0.261 e. The van der Waals surface area contributed by atoms with E-state index in [0.29, 0.717) is 21.7 Å². The molecular formula is C27H33BrCl2N2O3. The molecule has 1 fully saturated rings. The van der Waals surface area contributed by atoms with Gasteiger partial charge in [0.15, 0.2) is 6.61 Å². The van der Waals surface area contributed by atoms with Gasteiger partial charge in [-0.25, -0.2) is 0 Å². The zero-order valence-electron chi connectivity index (χ0n) is 20.5. The molecule has 0 spiro atoms. The molecule has 0 heterocycles. The lowest BCUT2D eigenvalue weighted by Gasteiger charge is -2.31. The Morgan fingerprint density at radius 2 is 1.77 bits per heavy atom. The Kier molecular flexibility index (Phi) is 10.3. The summed E-state index contributed by atoms with van der Waals surface area (Å²) >= 11 is 15.8. The summed E-state index contributed by atoms with van der Waals surface area (Å²) in [6, 6.07) is 10.6. The summed E-state index contributed by atoms with van der Waals surface area (Å²) in [5, 5.41) is 3.97. The van der Waals surface area contributed by atoms with Crippen LogP contribution in [0.25, 0.3) is 0 Å². The standard InChI is InChI=1S/C27H33BrCl2N2O3/c1-17(2)20-10-12-25(22(28)14-20)35-16-26(33)32(15-19-9-11-23(29)24(30)13-19)18(3)27(34)31-21-7-5-4-6-8-21/h9-14,17-18,21H,4-8,15-16H2,1-3H3,(H,31,34)/t18-/m1/s1. The van der Waals surface area contributed by atoms with Crippen molar-refractivity contribution in [2.24, 2.45) is 0 Å². The third-order valence-electron chi connectivity index (χ3n) is 6.43. The lowest BCUT2D eigenvalue weighted by molar-refractivity contribution is -0.142. The van der Waals surface area contributed by atoms with Crippen LogP contribution in [-0.4, -0.2) is 35.4 Å². The van der Waals surface area contributed by atoms with E-state index in [1.165, 1.54) is 16.9 Å². The predicted octanol–water partition coefficient (Wildman–Crippen LogP) is 7.12. The van der Waals surface area contributed by atoms with Gasteiger partial charge in [0.1, 0.15) is 11.8 Å². The van der Waals surface area contributed by atoms with Crippen molar-refractivity contribution in [1.82, 2.24) is 10.2 Å². The quantitative estimate of drug-likeness (QED) is 0.342. The summed E-state index contributed by atoms with van der Waals surface area (Å²) in [6.07, 6.45) is 5.38.